The third-order valence-electron chi connectivity index (χ3n) is 2.01. The molecular formula is C9H10FN3. The van der Waals surface area contributed by atoms with Crippen LogP contribution in [0.3, 0.4) is 0 Å². The standard InChI is InChI=1S/C9H10FN3/c10-7-3-1-6(2-4-7)8-5-12-13-9(8)11/h1-4,12-13H,5,11H2. The van der Waals surface area contributed by atoms with Gasteiger partial charge in [-0.3, -0.25) is 0 Å². The first-order valence-corrected chi connectivity index (χ1v) is 4.01. The van der Waals surface area contributed by atoms with Crippen LogP contribution in [0.25, 0.3) is 5.57 Å². The van der Waals surface area contributed by atoms with Crippen molar-refractivity contribution >= 4 is 5.57 Å². The molecule has 1 heterocycles. The Balaban J connectivity index is 2.36. The Kier molecular flexibility index (Phi) is 1.90. The van der Waals surface area contributed by atoms with Gasteiger partial charge >= 0.3 is 0 Å². The molecule has 13 heavy (non-hydrogen) atoms. The zero-order chi connectivity index (χ0) is 9.26. The van der Waals surface area contributed by atoms with E-state index in [-0.39, 0.29) is 5.82 Å². The van der Waals surface area contributed by atoms with Gasteiger partial charge in [0.1, 0.15) is 11.6 Å². The normalized spacial score (nSPS) is 16.1. The molecule has 0 amide bonds. The van der Waals surface area contributed by atoms with Gasteiger partial charge in [-0.2, -0.15) is 0 Å². The van der Waals surface area contributed by atoms with Crippen molar-refractivity contribution in [1.29, 1.82) is 0 Å². The Morgan fingerprint density at radius 1 is 1.23 bits per heavy atom. The molecule has 0 radical (unpaired) electrons. The number of hydrogen-bond acceptors (Lipinski definition) is 3. The molecule has 3 nitrogen and oxygen atoms in total. The molecule has 0 spiro atoms. The first-order chi connectivity index (χ1) is 6.27. The van der Waals surface area contributed by atoms with E-state index in [4.69, 9.17) is 5.73 Å². The fraction of sp³-hybridized carbons (Fsp3) is 0.111. The largest absolute Gasteiger partial charge is 0.384 e. The van der Waals surface area contributed by atoms with Crippen molar-refractivity contribution in [2.75, 3.05) is 6.54 Å². The number of rotatable bonds is 1. The number of nitrogens with one attached hydrogen (secondary N) is 2. The summed E-state index contributed by atoms with van der Waals surface area (Å²) in [5, 5.41) is 0. The van der Waals surface area contributed by atoms with Crippen LogP contribution in [0.2, 0.25) is 0 Å². The van der Waals surface area contributed by atoms with Gasteiger partial charge in [0, 0.05) is 12.1 Å². The molecule has 68 valence electrons. The predicted octanol–water partition coefficient (Wildman–Crippen LogP) is 0.561. The number of hydrogen-bond donors (Lipinski definition) is 3. The highest BCUT2D eigenvalue weighted by Crippen LogP contribution is 2.17. The van der Waals surface area contributed by atoms with Crippen molar-refractivity contribution in [2.45, 2.75) is 0 Å². The summed E-state index contributed by atoms with van der Waals surface area (Å²) in [6, 6.07) is 6.28. The molecule has 0 aliphatic carbocycles. The van der Waals surface area contributed by atoms with Crippen LogP contribution < -0.4 is 16.6 Å². The van der Waals surface area contributed by atoms with Gasteiger partial charge in [0.05, 0.1) is 0 Å². The molecule has 2 rings (SSSR count). The lowest BCUT2D eigenvalue weighted by molar-refractivity contribution is 0.627. The van der Waals surface area contributed by atoms with E-state index in [9.17, 15) is 4.39 Å². The molecule has 1 aromatic carbocycles. The molecule has 0 aromatic heterocycles. The zero-order valence-electron chi connectivity index (χ0n) is 6.97. The molecule has 1 aliphatic rings. The van der Waals surface area contributed by atoms with E-state index in [0.29, 0.717) is 12.4 Å². The lowest BCUT2D eigenvalue weighted by Gasteiger charge is -2.01. The van der Waals surface area contributed by atoms with Gasteiger partial charge in [-0.1, -0.05) is 12.1 Å². The highest BCUT2D eigenvalue weighted by molar-refractivity contribution is 5.70. The first-order valence-electron chi connectivity index (χ1n) is 4.01. The van der Waals surface area contributed by atoms with Crippen molar-refractivity contribution < 1.29 is 4.39 Å². The minimum atomic E-state index is -0.234. The maximum Gasteiger partial charge on any atom is 0.123 e. The van der Waals surface area contributed by atoms with Gasteiger partial charge in [0.15, 0.2) is 0 Å². The number of halogens is 1. The fourth-order valence-corrected chi connectivity index (χ4v) is 1.31. The van der Waals surface area contributed by atoms with Gasteiger partial charge < -0.3 is 11.2 Å². The van der Waals surface area contributed by atoms with E-state index in [1.807, 2.05) is 0 Å². The Morgan fingerprint density at radius 2 is 1.92 bits per heavy atom. The Bertz CT molecular complexity index is 342. The summed E-state index contributed by atoms with van der Waals surface area (Å²) in [5.41, 5.74) is 13.3. The van der Waals surface area contributed by atoms with Crippen molar-refractivity contribution in [2.24, 2.45) is 5.73 Å². The third kappa shape index (κ3) is 1.48. The summed E-state index contributed by atoms with van der Waals surface area (Å²) in [5.74, 6) is 0.369. The third-order valence-corrected chi connectivity index (χ3v) is 2.01. The van der Waals surface area contributed by atoms with E-state index in [1.54, 1.807) is 12.1 Å². The van der Waals surface area contributed by atoms with Crippen molar-refractivity contribution in [3.8, 4) is 0 Å². The van der Waals surface area contributed by atoms with Crippen molar-refractivity contribution in [1.82, 2.24) is 10.9 Å². The fourth-order valence-electron chi connectivity index (χ4n) is 1.31. The van der Waals surface area contributed by atoms with E-state index in [1.165, 1.54) is 12.1 Å². The second-order valence-corrected chi connectivity index (χ2v) is 2.88. The first kappa shape index (κ1) is 8.07. The van der Waals surface area contributed by atoms with Crippen LogP contribution in [0.4, 0.5) is 4.39 Å². The van der Waals surface area contributed by atoms with Crippen LogP contribution in [0.1, 0.15) is 5.56 Å². The number of hydrazine groups is 1. The summed E-state index contributed by atoms with van der Waals surface area (Å²) < 4.78 is 12.6. The maximum absolute atomic E-state index is 12.6. The van der Waals surface area contributed by atoms with Crippen LogP contribution in [0.5, 0.6) is 0 Å². The highest BCUT2D eigenvalue weighted by Gasteiger charge is 2.11. The van der Waals surface area contributed by atoms with Crippen molar-refractivity contribution in [3.05, 3.63) is 41.5 Å². The topological polar surface area (TPSA) is 50.1 Å². The number of nitrogens with two attached hydrogens (primary N) is 1. The van der Waals surface area contributed by atoms with E-state index in [2.05, 4.69) is 10.9 Å². The van der Waals surface area contributed by atoms with Crippen LogP contribution in [0, 0.1) is 5.82 Å². The van der Waals surface area contributed by atoms with E-state index >= 15 is 0 Å². The average molecular weight is 179 g/mol. The monoisotopic (exact) mass is 179 g/mol. The van der Waals surface area contributed by atoms with Gasteiger partial charge in [0.25, 0.3) is 0 Å². The summed E-state index contributed by atoms with van der Waals surface area (Å²) in [6.45, 7) is 0.664. The van der Waals surface area contributed by atoms with Crippen LogP contribution in [-0.2, 0) is 0 Å². The molecule has 0 atom stereocenters. The van der Waals surface area contributed by atoms with Gasteiger partial charge in [0.2, 0.25) is 0 Å². The minimum absolute atomic E-state index is 0.234. The van der Waals surface area contributed by atoms with Crippen LogP contribution in [-0.4, -0.2) is 6.54 Å². The molecule has 1 aromatic rings. The summed E-state index contributed by atoms with van der Waals surface area (Å²) >= 11 is 0. The highest BCUT2D eigenvalue weighted by atomic mass is 19.1. The number of benzene rings is 1. The Morgan fingerprint density at radius 3 is 2.46 bits per heavy atom. The molecule has 4 N–H and O–H groups in total. The summed E-state index contributed by atoms with van der Waals surface area (Å²) in [6.07, 6.45) is 0. The second-order valence-electron chi connectivity index (χ2n) is 2.88. The lowest BCUT2D eigenvalue weighted by atomic mass is 10.1. The Labute approximate surface area is 75.4 Å². The Hall–Kier alpha value is -1.55. The molecule has 1 aliphatic heterocycles. The van der Waals surface area contributed by atoms with Gasteiger partial charge in [-0.25, -0.2) is 9.82 Å². The molecule has 0 saturated heterocycles. The second kappa shape index (κ2) is 3.06. The molecular weight excluding hydrogens is 169 g/mol. The van der Waals surface area contributed by atoms with Crippen LogP contribution >= 0.6 is 0 Å². The van der Waals surface area contributed by atoms with Crippen molar-refractivity contribution in [3.63, 3.8) is 0 Å². The van der Waals surface area contributed by atoms with Gasteiger partial charge in [-0.15, -0.1) is 0 Å². The van der Waals surface area contributed by atoms with E-state index < -0.39 is 0 Å². The lowest BCUT2D eigenvalue weighted by Crippen LogP contribution is -2.26. The molecule has 0 saturated carbocycles. The average Bonchev–Trinajstić information content (AvgIpc) is 2.53. The van der Waals surface area contributed by atoms with E-state index in [0.717, 1.165) is 11.1 Å². The maximum atomic E-state index is 12.6. The quantitative estimate of drug-likeness (QED) is 0.590. The molecule has 0 fully saturated rings. The predicted molar refractivity (Wildman–Crippen MR) is 48.6 cm³/mol. The zero-order valence-corrected chi connectivity index (χ0v) is 6.97. The van der Waals surface area contributed by atoms with Gasteiger partial charge in [-0.05, 0) is 17.7 Å². The molecule has 0 bridgehead atoms. The smallest absolute Gasteiger partial charge is 0.123 e. The van der Waals surface area contributed by atoms with Crippen LogP contribution in [0.15, 0.2) is 30.1 Å². The summed E-state index contributed by atoms with van der Waals surface area (Å²) in [7, 11) is 0. The SMILES string of the molecule is NC1=C(c2ccc(F)cc2)CNN1. The minimum Gasteiger partial charge on any atom is -0.384 e. The summed E-state index contributed by atoms with van der Waals surface area (Å²) in [4.78, 5) is 0. The molecule has 0 unspecified atom stereocenters. The molecule has 4 heteroatoms.